The number of amides is 2. The van der Waals surface area contributed by atoms with E-state index in [2.05, 4.69) is 5.32 Å². The Hall–Kier alpha value is -3.48. The minimum absolute atomic E-state index is 0.201. The SMILES string of the molecule is O=C(Cc1ccco1)C1=C2C(=O)Nc3ccccc3N2C(=O)C1=O. The molecule has 118 valence electrons. The summed E-state index contributed by atoms with van der Waals surface area (Å²) < 4.78 is 5.09. The number of anilines is 2. The number of benzene rings is 1. The van der Waals surface area contributed by atoms with Gasteiger partial charge in [0.2, 0.25) is 0 Å². The molecule has 0 fully saturated rings. The zero-order valence-electron chi connectivity index (χ0n) is 12.2. The third-order valence-electron chi connectivity index (χ3n) is 3.89. The molecular formula is C17H10N2O5. The summed E-state index contributed by atoms with van der Waals surface area (Å²) in [6, 6.07) is 9.77. The Morgan fingerprint density at radius 3 is 2.62 bits per heavy atom. The van der Waals surface area contributed by atoms with E-state index in [1.54, 1.807) is 36.4 Å². The lowest BCUT2D eigenvalue weighted by Gasteiger charge is -2.27. The number of rotatable bonds is 3. The second-order valence-electron chi connectivity index (χ2n) is 5.34. The van der Waals surface area contributed by atoms with Crippen molar-refractivity contribution in [3.05, 3.63) is 59.7 Å². The number of nitrogens with zero attached hydrogens (tertiary/aromatic N) is 1. The molecule has 1 aromatic carbocycles. The molecule has 4 rings (SSSR count). The summed E-state index contributed by atoms with van der Waals surface area (Å²) in [7, 11) is 0. The lowest BCUT2D eigenvalue weighted by Crippen LogP contribution is -2.37. The van der Waals surface area contributed by atoms with Crippen LogP contribution in [0.5, 0.6) is 0 Å². The summed E-state index contributed by atoms with van der Waals surface area (Å²) in [5.41, 5.74) is 0.155. The molecule has 0 radical (unpaired) electrons. The number of nitrogens with one attached hydrogen (secondary N) is 1. The molecule has 1 N–H and O–H groups in total. The van der Waals surface area contributed by atoms with Gasteiger partial charge in [-0.25, -0.2) is 0 Å². The standard InChI is InChI=1S/C17H10N2O5/c20-12(8-9-4-3-7-24-9)13-14-16(22)18-10-5-1-2-6-11(10)19(14)17(23)15(13)21/h1-7H,8H2,(H,18,22). The number of Topliss-reactive ketones (excluding diaryl/α,β-unsaturated/α-hetero) is 2. The van der Waals surface area contributed by atoms with Crippen molar-refractivity contribution in [2.45, 2.75) is 6.42 Å². The van der Waals surface area contributed by atoms with Crippen LogP contribution in [-0.4, -0.2) is 23.4 Å². The van der Waals surface area contributed by atoms with E-state index in [0.717, 1.165) is 4.90 Å². The Morgan fingerprint density at radius 2 is 1.88 bits per heavy atom. The molecule has 0 saturated carbocycles. The molecule has 2 aliphatic heterocycles. The Balaban J connectivity index is 1.83. The predicted octanol–water partition coefficient (Wildman–Crippen LogP) is 1.21. The number of carbonyl (C=O) groups is 4. The molecule has 0 saturated heterocycles. The molecule has 7 heteroatoms. The van der Waals surface area contributed by atoms with Gasteiger partial charge < -0.3 is 9.73 Å². The van der Waals surface area contributed by atoms with Crippen LogP contribution in [0.1, 0.15) is 5.76 Å². The fraction of sp³-hybridized carbons (Fsp3) is 0.0588. The first-order valence-corrected chi connectivity index (χ1v) is 7.17. The number of furan rings is 1. The zero-order chi connectivity index (χ0) is 16.8. The molecule has 2 aromatic rings. The van der Waals surface area contributed by atoms with Crippen LogP contribution in [-0.2, 0) is 25.6 Å². The highest BCUT2D eigenvalue weighted by Gasteiger charge is 2.48. The van der Waals surface area contributed by atoms with Gasteiger partial charge in [0.15, 0.2) is 5.78 Å². The summed E-state index contributed by atoms with van der Waals surface area (Å²) in [6.07, 6.45) is 1.20. The van der Waals surface area contributed by atoms with E-state index in [4.69, 9.17) is 4.42 Å². The van der Waals surface area contributed by atoms with E-state index in [1.165, 1.54) is 6.26 Å². The van der Waals surface area contributed by atoms with Crippen molar-refractivity contribution >= 4 is 34.8 Å². The van der Waals surface area contributed by atoms with Gasteiger partial charge in [0.1, 0.15) is 17.0 Å². The van der Waals surface area contributed by atoms with Gasteiger partial charge >= 0.3 is 5.91 Å². The Bertz CT molecular complexity index is 940. The maximum atomic E-state index is 12.5. The maximum Gasteiger partial charge on any atom is 0.304 e. The number of ketones is 2. The maximum absolute atomic E-state index is 12.5. The first-order valence-electron chi connectivity index (χ1n) is 7.17. The minimum atomic E-state index is -0.978. The average molecular weight is 322 g/mol. The average Bonchev–Trinajstić information content (AvgIpc) is 3.16. The molecular weight excluding hydrogens is 312 g/mol. The third-order valence-corrected chi connectivity index (χ3v) is 3.89. The molecule has 0 spiro atoms. The number of carbonyl (C=O) groups excluding carboxylic acids is 4. The summed E-state index contributed by atoms with van der Waals surface area (Å²) in [5, 5.41) is 2.60. The number of hydrogen-bond donors (Lipinski definition) is 1. The lowest BCUT2D eigenvalue weighted by molar-refractivity contribution is -0.134. The van der Waals surface area contributed by atoms with Gasteiger partial charge in [-0.05, 0) is 24.3 Å². The van der Waals surface area contributed by atoms with Crippen LogP contribution in [0.3, 0.4) is 0 Å². The van der Waals surface area contributed by atoms with Crippen LogP contribution in [0.4, 0.5) is 11.4 Å². The number of fused-ring (bicyclic) bond motifs is 3. The molecule has 7 nitrogen and oxygen atoms in total. The van der Waals surface area contributed by atoms with E-state index >= 15 is 0 Å². The monoisotopic (exact) mass is 322 g/mol. The first kappa shape index (κ1) is 14.1. The Morgan fingerprint density at radius 1 is 1.08 bits per heavy atom. The predicted molar refractivity (Wildman–Crippen MR) is 82.0 cm³/mol. The number of para-hydroxylation sites is 2. The van der Waals surface area contributed by atoms with E-state index in [-0.39, 0.29) is 12.1 Å². The second kappa shape index (κ2) is 5.02. The van der Waals surface area contributed by atoms with E-state index in [1.807, 2.05) is 0 Å². The van der Waals surface area contributed by atoms with Gasteiger partial charge in [-0.1, -0.05) is 12.1 Å². The van der Waals surface area contributed by atoms with E-state index in [9.17, 15) is 19.2 Å². The van der Waals surface area contributed by atoms with Crippen molar-refractivity contribution in [2.75, 3.05) is 10.2 Å². The van der Waals surface area contributed by atoms with Crippen LogP contribution >= 0.6 is 0 Å². The highest BCUT2D eigenvalue weighted by molar-refractivity contribution is 6.59. The summed E-state index contributed by atoms with van der Waals surface area (Å²) in [5.74, 6) is -2.82. The van der Waals surface area contributed by atoms with E-state index in [0.29, 0.717) is 17.1 Å². The summed E-state index contributed by atoms with van der Waals surface area (Å²) in [4.78, 5) is 50.5. The first-order chi connectivity index (χ1) is 11.6. The largest absolute Gasteiger partial charge is 0.469 e. The molecule has 0 aliphatic carbocycles. The van der Waals surface area contributed by atoms with Crippen molar-refractivity contribution in [1.29, 1.82) is 0 Å². The van der Waals surface area contributed by atoms with Crippen LogP contribution < -0.4 is 10.2 Å². The fourth-order valence-electron chi connectivity index (χ4n) is 2.85. The van der Waals surface area contributed by atoms with Gasteiger partial charge in [0, 0.05) is 0 Å². The van der Waals surface area contributed by atoms with Gasteiger partial charge in [-0.2, -0.15) is 0 Å². The molecule has 24 heavy (non-hydrogen) atoms. The molecule has 1 aromatic heterocycles. The molecule has 0 atom stereocenters. The van der Waals surface area contributed by atoms with Crippen molar-refractivity contribution < 1.29 is 23.6 Å². The van der Waals surface area contributed by atoms with Gasteiger partial charge in [-0.15, -0.1) is 0 Å². The molecule has 2 aliphatic rings. The van der Waals surface area contributed by atoms with Crippen molar-refractivity contribution in [3.63, 3.8) is 0 Å². The quantitative estimate of drug-likeness (QED) is 0.677. The van der Waals surface area contributed by atoms with Gasteiger partial charge in [0.25, 0.3) is 11.7 Å². The summed E-state index contributed by atoms with van der Waals surface area (Å²) in [6.45, 7) is 0. The zero-order valence-corrected chi connectivity index (χ0v) is 12.2. The van der Waals surface area contributed by atoms with Crippen LogP contribution in [0.15, 0.2) is 58.3 Å². The van der Waals surface area contributed by atoms with Gasteiger partial charge in [0.05, 0.1) is 24.1 Å². The second-order valence-corrected chi connectivity index (χ2v) is 5.34. The molecule has 2 amide bonds. The van der Waals surface area contributed by atoms with Crippen LogP contribution in [0, 0.1) is 0 Å². The topological polar surface area (TPSA) is 96.7 Å². The highest BCUT2D eigenvalue weighted by atomic mass is 16.3. The van der Waals surface area contributed by atoms with Gasteiger partial charge in [-0.3, -0.25) is 24.1 Å². The fourth-order valence-corrected chi connectivity index (χ4v) is 2.85. The molecule has 0 unspecified atom stereocenters. The van der Waals surface area contributed by atoms with Crippen LogP contribution in [0.25, 0.3) is 0 Å². The van der Waals surface area contributed by atoms with Crippen LogP contribution in [0.2, 0.25) is 0 Å². The minimum Gasteiger partial charge on any atom is -0.469 e. The van der Waals surface area contributed by atoms with Crippen molar-refractivity contribution in [3.8, 4) is 0 Å². The van der Waals surface area contributed by atoms with E-state index < -0.39 is 29.0 Å². The Kier molecular flexibility index (Phi) is 2.96. The van der Waals surface area contributed by atoms with Crippen molar-refractivity contribution in [1.82, 2.24) is 0 Å². The Labute approximate surface area is 135 Å². The van der Waals surface area contributed by atoms with Crippen molar-refractivity contribution in [2.24, 2.45) is 0 Å². The summed E-state index contributed by atoms with van der Waals surface area (Å²) >= 11 is 0. The highest BCUT2D eigenvalue weighted by Crippen LogP contribution is 2.38. The number of hydrogen-bond acceptors (Lipinski definition) is 5. The molecule has 3 heterocycles. The normalized spacial score (nSPS) is 16.2. The third kappa shape index (κ3) is 1.91. The molecule has 0 bridgehead atoms. The lowest BCUT2D eigenvalue weighted by atomic mass is 10.0. The smallest absolute Gasteiger partial charge is 0.304 e.